The molecule has 0 aromatic heterocycles. The highest BCUT2D eigenvalue weighted by molar-refractivity contribution is 6.59. The van der Waals surface area contributed by atoms with E-state index in [1.54, 1.807) is 24.3 Å². The Balaban J connectivity index is 2.13. The third-order valence-corrected chi connectivity index (χ3v) is 2.81. The topological polar surface area (TPSA) is 49.7 Å². The van der Waals surface area contributed by atoms with E-state index >= 15 is 0 Å². The molecule has 0 aliphatic heterocycles. The summed E-state index contributed by atoms with van der Waals surface area (Å²) in [6.45, 7) is 0.225. The number of rotatable bonds is 4. The van der Waals surface area contributed by atoms with E-state index in [0.717, 1.165) is 11.6 Å². The second-order valence-corrected chi connectivity index (χ2v) is 4.41. The Bertz CT molecular complexity index is 560. The zero-order valence-electron chi connectivity index (χ0n) is 9.88. The molecular weight excluding hydrogens is 269 g/mol. The Kier molecular flexibility index (Phi) is 4.42. The molecule has 3 nitrogen and oxygen atoms in total. The molecular formula is C13H11BClFO3. The SMILES string of the molecule is OB(O)c1cc(F)ccc1OCc1ccc(Cl)cc1. The average molecular weight is 280 g/mol. The lowest BCUT2D eigenvalue weighted by molar-refractivity contribution is 0.306. The second kappa shape index (κ2) is 6.06. The van der Waals surface area contributed by atoms with Crippen LogP contribution in [0, 0.1) is 5.82 Å². The van der Waals surface area contributed by atoms with Crippen LogP contribution in [0.1, 0.15) is 5.56 Å². The molecule has 98 valence electrons. The molecule has 2 rings (SSSR count). The van der Waals surface area contributed by atoms with Crippen LogP contribution in [0.5, 0.6) is 5.75 Å². The summed E-state index contributed by atoms with van der Waals surface area (Å²) in [5.74, 6) is -0.326. The van der Waals surface area contributed by atoms with Gasteiger partial charge in [0.15, 0.2) is 0 Å². The van der Waals surface area contributed by atoms with E-state index in [4.69, 9.17) is 26.4 Å². The summed E-state index contributed by atoms with van der Waals surface area (Å²) in [4.78, 5) is 0. The first-order chi connectivity index (χ1) is 9.06. The summed E-state index contributed by atoms with van der Waals surface area (Å²) in [6, 6.07) is 10.6. The maximum absolute atomic E-state index is 13.0. The first kappa shape index (κ1) is 13.9. The van der Waals surface area contributed by atoms with E-state index in [2.05, 4.69) is 0 Å². The third-order valence-electron chi connectivity index (χ3n) is 2.56. The Hall–Kier alpha value is -1.56. The first-order valence-electron chi connectivity index (χ1n) is 5.59. The maximum Gasteiger partial charge on any atom is 0.492 e. The highest BCUT2D eigenvalue weighted by Crippen LogP contribution is 2.14. The van der Waals surface area contributed by atoms with Crippen LogP contribution in [0.25, 0.3) is 0 Å². The molecule has 2 aromatic carbocycles. The van der Waals surface area contributed by atoms with Gasteiger partial charge in [0.25, 0.3) is 0 Å². The summed E-state index contributed by atoms with van der Waals surface area (Å²) in [5.41, 5.74) is 0.862. The van der Waals surface area contributed by atoms with Crippen molar-refractivity contribution in [2.24, 2.45) is 0 Å². The molecule has 6 heteroatoms. The summed E-state index contributed by atoms with van der Waals surface area (Å²) in [7, 11) is -1.78. The van der Waals surface area contributed by atoms with Crippen molar-refractivity contribution in [3.05, 3.63) is 58.9 Å². The van der Waals surface area contributed by atoms with Crippen molar-refractivity contribution in [2.45, 2.75) is 6.61 Å². The lowest BCUT2D eigenvalue weighted by Crippen LogP contribution is -2.31. The van der Waals surface area contributed by atoms with Crippen molar-refractivity contribution in [1.82, 2.24) is 0 Å². The summed E-state index contributed by atoms with van der Waals surface area (Å²) in [5, 5.41) is 18.9. The van der Waals surface area contributed by atoms with E-state index in [1.165, 1.54) is 12.1 Å². The zero-order valence-corrected chi connectivity index (χ0v) is 10.6. The van der Waals surface area contributed by atoms with E-state index < -0.39 is 12.9 Å². The van der Waals surface area contributed by atoms with Gasteiger partial charge in [0.05, 0.1) is 0 Å². The average Bonchev–Trinajstić information content (AvgIpc) is 2.39. The van der Waals surface area contributed by atoms with Gasteiger partial charge in [-0.25, -0.2) is 4.39 Å². The molecule has 2 N–H and O–H groups in total. The van der Waals surface area contributed by atoms with Crippen LogP contribution < -0.4 is 10.2 Å². The monoisotopic (exact) mass is 280 g/mol. The molecule has 19 heavy (non-hydrogen) atoms. The van der Waals surface area contributed by atoms with Crippen LogP contribution in [0.4, 0.5) is 4.39 Å². The van der Waals surface area contributed by atoms with E-state index in [9.17, 15) is 4.39 Å². The van der Waals surface area contributed by atoms with Crippen molar-refractivity contribution < 1.29 is 19.2 Å². The Labute approximate surface area is 115 Å². The van der Waals surface area contributed by atoms with Crippen molar-refractivity contribution >= 4 is 24.2 Å². The molecule has 0 heterocycles. The molecule has 0 spiro atoms. The molecule has 0 radical (unpaired) electrons. The number of hydrogen-bond donors (Lipinski definition) is 2. The van der Waals surface area contributed by atoms with Gasteiger partial charge in [0.2, 0.25) is 0 Å². The molecule has 0 bridgehead atoms. The van der Waals surface area contributed by atoms with Crippen LogP contribution in [0.2, 0.25) is 5.02 Å². The standard InChI is InChI=1S/C13H11BClFO3/c15-10-3-1-9(2-4-10)8-19-13-6-5-11(16)7-12(13)14(17)18/h1-7,17-18H,8H2. The number of hydrogen-bond acceptors (Lipinski definition) is 3. The molecule has 0 fully saturated rings. The van der Waals surface area contributed by atoms with Gasteiger partial charge in [-0.05, 0) is 35.9 Å². The van der Waals surface area contributed by atoms with E-state index in [-0.39, 0.29) is 17.8 Å². The predicted molar refractivity (Wildman–Crippen MR) is 72.0 cm³/mol. The number of benzene rings is 2. The van der Waals surface area contributed by atoms with Gasteiger partial charge in [-0.2, -0.15) is 0 Å². The van der Waals surface area contributed by atoms with Crippen LogP contribution in [0.15, 0.2) is 42.5 Å². The molecule has 0 aliphatic rings. The van der Waals surface area contributed by atoms with E-state index in [1.807, 2.05) is 0 Å². The molecule has 0 saturated heterocycles. The van der Waals surface area contributed by atoms with Gasteiger partial charge in [-0.15, -0.1) is 0 Å². The zero-order chi connectivity index (χ0) is 13.8. The third kappa shape index (κ3) is 3.70. The van der Waals surface area contributed by atoms with Crippen molar-refractivity contribution in [1.29, 1.82) is 0 Å². The van der Waals surface area contributed by atoms with Gasteiger partial charge in [-0.1, -0.05) is 23.7 Å². The highest BCUT2D eigenvalue weighted by atomic mass is 35.5. The van der Waals surface area contributed by atoms with Crippen LogP contribution in [0.3, 0.4) is 0 Å². The van der Waals surface area contributed by atoms with Gasteiger partial charge >= 0.3 is 7.12 Å². The maximum atomic E-state index is 13.0. The summed E-state index contributed by atoms with van der Waals surface area (Å²) >= 11 is 5.76. The van der Waals surface area contributed by atoms with Crippen molar-refractivity contribution in [2.75, 3.05) is 0 Å². The van der Waals surface area contributed by atoms with E-state index in [0.29, 0.717) is 5.02 Å². The number of halogens is 2. The Morgan fingerprint density at radius 2 is 1.79 bits per heavy atom. The Morgan fingerprint density at radius 3 is 2.42 bits per heavy atom. The highest BCUT2D eigenvalue weighted by Gasteiger charge is 2.18. The Morgan fingerprint density at radius 1 is 1.11 bits per heavy atom. The summed E-state index contributed by atoms with van der Waals surface area (Å²) < 4.78 is 18.5. The van der Waals surface area contributed by atoms with Gasteiger partial charge < -0.3 is 14.8 Å². The summed E-state index contributed by atoms with van der Waals surface area (Å²) in [6.07, 6.45) is 0. The molecule has 0 amide bonds. The van der Waals surface area contributed by atoms with Crippen molar-refractivity contribution in [3.8, 4) is 5.75 Å². The molecule has 0 atom stereocenters. The molecule has 0 aliphatic carbocycles. The van der Waals surface area contributed by atoms with Gasteiger partial charge in [0, 0.05) is 10.5 Å². The minimum absolute atomic E-state index is 0.00559. The first-order valence-corrected chi connectivity index (χ1v) is 5.97. The van der Waals surface area contributed by atoms with Crippen LogP contribution >= 0.6 is 11.6 Å². The minimum Gasteiger partial charge on any atom is -0.489 e. The smallest absolute Gasteiger partial charge is 0.489 e. The van der Waals surface area contributed by atoms with Crippen molar-refractivity contribution in [3.63, 3.8) is 0 Å². The molecule has 0 unspecified atom stereocenters. The molecule has 2 aromatic rings. The quantitative estimate of drug-likeness (QED) is 0.839. The number of ether oxygens (including phenoxy) is 1. The largest absolute Gasteiger partial charge is 0.492 e. The van der Waals surface area contributed by atoms with Crippen LogP contribution in [-0.4, -0.2) is 17.2 Å². The fourth-order valence-corrected chi connectivity index (χ4v) is 1.72. The fraction of sp³-hybridized carbons (Fsp3) is 0.0769. The lowest BCUT2D eigenvalue weighted by atomic mass is 9.79. The van der Waals surface area contributed by atoms with Gasteiger partial charge in [-0.3, -0.25) is 0 Å². The lowest BCUT2D eigenvalue weighted by Gasteiger charge is -2.11. The minimum atomic E-state index is -1.78. The molecule has 0 saturated carbocycles. The normalized spacial score (nSPS) is 10.3. The van der Waals surface area contributed by atoms with Gasteiger partial charge in [0.1, 0.15) is 18.2 Å². The predicted octanol–water partition coefficient (Wildman–Crippen LogP) is 1.74. The fourth-order valence-electron chi connectivity index (χ4n) is 1.59. The van der Waals surface area contributed by atoms with Crippen LogP contribution in [-0.2, 0) is 6.61 Å². The second-order valence-electron chi connectivity index (χ2n) is 3.97.